The summed E-state index contributed by atoms with van der Waals surface area (Å²) in [7, 11) is 1.64. The van der Waals surface area contributed by atoms with Gasteiger partial charge >= 0.3 is 0 Å². The van der Waals surface area contributed by atoms with Crippen molar-refractivity contribution < 1.29 is 9.84 Å². The number of aromatic nitrogens is 2. The summed E-state index contributed by atoms with van der Waals surface area (Å²) in [6.45, 7) is 3.86. The summed E-state index contributed by atoms with van der Waals surface area (Å²) in [5.74, 6) is 1.61. The summed E-state index contributed by atoms with van der Waals surface area (Å²) < 4.78 is 5.60. The monoisotopic (exact) mass is 385 g/mol. The molecular formula is C24H23N3O2. The molecule has 0 saturated carbocycles. The molecule has 2 heterocycles. The SMILES string of the molecule is COc1ccccc1[C@@H](Nc1cccc(C)n1)c1ccc2ccc(C)nc2c1O. The third-order valence-electron chi connectivity index (χ3n) is 4.95. The fourth-order valence-electron chi connectivity index (χ4n) is 3.52. The molecule has 29 heavy (non-hydrogen) atoms. The number of phenols is 1. The molecule has 4 rings (SSSR count). The molecule has 0 radical (unpaired) electrons. The second-order valence-electron chi connectivity index (χ2n) is 7.01. The molecule has 0 fully saturated rings. The van der Waals surface area contributed by atoms with Gasteiger partial charge in [0.2, 0.25) is 0 Å². The number of pyridine rings is 2. The zero-order chi connectivity index (χ0) is 20.4. The lowest BCUT2D eigenvalue weighted by atomic mass is 9.95. The van der Waals surface area contributed by atoms with Crippen molar-refractivity contribution in [2.75, 3.05) is 12.4 Å². The number of nitrogens with one attached hydrogen (secondary N) is 1. The lowest BCUT2D eigenvalue weighted by Crippen LogP contribution is -2.15. The highest BCUT2D eigenvalue weighted by Crippen LogP contribution is 2.39. The summed E-state index contributed by atoms with van der Waals surface area (Å²) in [4.78, 5) is 9.13. The molecule has 1 atom stereocenters. The minimum Gasteiger partial charge on any atom is -0.505 e. The zero-order valence-electron chi connectivity index (χ0n) is 16.7. The summed E-state index contributed by atoms with van der Waals surface area (Å²) >= 11 is 0. The first-order valence-corrected chi connectivity index (χ1v) is 9.49. The second-order valence-corrected chi connectivity index (χ2v) is 7.01. The van der Waals surface area contributed by atoms with Crippen molar-refractivity contribution in [3.63, 3.8) is 0 Å². The van der Waals surface area contributed by atoms with E-state index in [1.165, 1.54) is 0 Å². The molecule has 0 saturated heterocycles. The van der Waals surface area contributed by atoms with Crippen molar-refractivity contribution >= 4 is 16.7 Å². The molecule has 0 unspecified atom stereocenters. The molecule has 0 aliphatic rings. The number of ether oxygens (including phenoxy) is 1. The van der Waals surface area contributed by atoms with Crippen LogP contribution < -0.4 is 10.1 Å². The van der Waals surface area contributed by atoms with Gasteiger partial charge in [0.25, 0.3) is 0 Å². The Morgan fingerprint density at radius 1 is 0.828 bits per heavy atom. The van der Waals surface area contributed by atoms with E-state index in [1.54, 1.807) is 7.11 Å². The Hall–Kier alpha value is -3.60. The van der Waals surface area contributed by atoms with Crippen molar-refractivity contribution in [2.24, 2.45) is 0 Å². The molecule has 4 aromatic rings. The van der Waals surface area contributed by atoms with Gasteiger partial charge in [-0.15, -0.1) is 0 Å². The fraction of sp³-hybridized carbons (Fsp3) is 0.167. The van der Waals surface area contributed by atoms with E-state index in [9.17, 15) is 5.11 Å². The van der Waals surface area contributed by atoms with Gasteiger partial charge in [0.1, 0.15) is 22.8 Å². The van der Waals surface area contributed by atoms with Crippen LogP contribution in [0.2, 0.25) is 0 Å². The van der Waals surface area contributed by atoms with Gasteiger partial charge in [-0.05, 0) is 38.1 Å². The first-order chi connectivity index (χ1) is 14.1. The van der Waals surface area contributed by atoms with Crippen molar-refractivity contribution in [1.29, 1.82) is 0 Å². The highest BCUT2D eigenvalue weighted by molar-refractivity contribution is 5.86. The zero-order valence-corrected chi connectivity index (χ0v) is 16.7. The maximum Gasteiger partial charge on any atom is 0.147 e. The van der Waals surface area contributed by atoms with E-state index in [4.69, 9.17) is 4.74 Å². The summed E-state index contributed by atoms with van der Waals surface area (Å²) in [6.07, 6.45) is 0. The first kappa shape index (κ1) is 18.7. The normalized spacial score (nSPS) is 12.0. The molecule has 0 spiro atoms. The van der Waals surface area contributed by atoms with Crippen LogP contribution in [-0.2, 0) is 0 Å². The number of para-hydroxylation sites is 1. The van der Waals surface area contributed by atoms with E-state index < -0.39 is 0 Å². The highest BCUT2D eigenvalue weighted by Gasteiger charge is 2.23. The van der Waals surface area contributed by atoms with E-state index in [1.807, 2.05) is 80.6 Å². The van der Waals surface area contributed by atoms with E-state index in [-0.39, 0.29) is 11.8 Å². The maximum absolute atomic E-state index is 11.1. The van der Waals surface area contributed by atoms with Crippen molar-refractivity contribution in [3.8, 4) is 11.5 Å². The number of fused-ring (bicyclic) bond motifs is 1. The number of phenolic OH excluding ortho intramolecular Hbond substituents is 1. The van der Waals surface area contributed by atoms with Crippen LogP contribution in [-0.4, -0.2) is 22.2 Å². The Bertz CT molecular complexity index is 1170. The van der Waals surface area contributed by atoms with Gasteiger partial charge in [-0.1, -0.05) is 42.5 Å². The number of rotatable bonds is 5. The molecular weight excluding hydrogens is 362 g/mol. The lowest BCUT2D eigenvalue weighted by molar-refractivity contribution is 0.408. The molecule has 2 aromatic heterocycles. The van der Waals surface area contributed by atoms with Gasteiger partial charge in [0.15, 0.2) is 0 Å². The van der Waals surface area contributed by atoms with Gasteiger partial charge < -0.3 is 15.2 Å². The molecule has 0 bridgehead atoms. The fourth-order valence-corrected chi connectivity index (χ4v) is 3.52. The Morgan fingerprint density at radius 3 is 2.38 bits per heavy atom. The van der Waals surface area contributed by atoms with Crippen molar-refractivity contribution in [3.05, 3.63) is 89.2 Å². The molecule has 2 N–H and O–H groups in total. The maximum atomic E-state index is 11.1. The number of aryl methyl sites for hydroxylation is 2. The summed E-state index contributed by atoms with van der Waals surface area (Å²) in [5, 5.41) is 15.5. The van der Waals surface area contributed by atoms with Gasteiger partial charge in [0, 0.05) is 27.9 Å². The standard InChI is InChI=1S/C24H23N3O2/c1-15-7-6-10-21(25-15)27-23(18-8-4-5-9-20(18)29-3)19-14-13-17-12-11-16(2)26-22(17)24(19)28/h4-14,23,28H,1-3H3,(H,25,27)/t23-/m1/s1. The highest BCUT2D eigenvalue weighted by atomic mass is 16.5. The third kappa shape index (κ3) is 3.72. The Labute approximate surface area is 170 Å². The van der Waals surface area contributed by atoms with E-state index in [2.05, 4.69) is 15.3 Å². The Morgan fingerprint density at radius 2 is 1.59 bits per heavy atom. The Kier molecular flexibility index (Phi) is 5.04. The van der Waals surface area contributed by atoms with Crippen LogP contribution in [0.1, 0.15) is 28.6 Å². The van der Waals surface area contributed by atoms with Crippen molar-refractivity contribution in [2.45, 2.75) is 19.9 Å². The third-order valence-corrected chi connectivity index (χ3v) is 4.95. The van der Waals surface area contributed by atoms with Crippen LogP contribution in [0.3, 0.4) is 0 Å². The number of hydrogen-bond acceptors (Lipinski definition) is 5. The Balaban J connectivity index is 1.90. The molecule has 2 aromatic carbocycles. The molecule has 0 aliphatic carbocycles. The minimum absolute atomic E-state index is 0.155. The molecule has 146 valence electrons. The minimum atomic E-state index is -0.368. The topological polar surface area (TPSA) is 67.3 Å². The van der Waals surface area contributed by atoms with Crippen LogP contribution in [0.5, 0.6) is 11.5 Å². The van der Waals surface area contributed by atoms with Crippen molar-refractivity contribution in [1.82, 2.24) is 9.97 Å². The second kappa shape index (κ2) is 7.80. The van der Waals surface area contributed by atoms with Crippen LogP contribution >= 0.6 is 0 Å². The number of anilines is 1. The number of nitrogens with zero attached hydrogens (tertiary/aromatic N) is 2. The summed E-state index contributed by atoms with van der Waals surface area (Å²) in [6, 6.07) is 21.0. The van der Waals surface area contributed by atoms with Crippen LogP contribution in [0.15, 0.2) is 66.7 Å². The molecule has 0 amide bonds. The average molecular weight is 385 g/mol. The smallest absolute Gasteiger partial charge is 0.147 e. The first-order valence-electron chi connectivity index (χ1n) is 9.49. The lowest BCUT2D eigenvalue weighted by Gasteiger charge is -2.24. The molecule has 5 heteroatoms. The predicted octanol–water partition coefficient (Wildman–Crippen LogP) is 5.16. The van der Waals surface area contributed by atoms with Gasteiger partial charge in [-0.3, -0.25) is 0 Å². The molecule has 0 aliphatic heterocycles. The van der Waals surface area contributed by atoms with E-state index in [0.717, 1.165) is 33.9 Å². The summed E-state index contributed by atoms with van der Waals surface area (Å²) in [5.41, 5.74) is 3.96. The largest absolute Gasteiger partial charge is 0.505 e. The quantitative estimate of drug-likeness (QED) is 0.496. The van der Waals surface area contributed by atoms with Crippen LogP contribution in [0.25, 0.3) is 10.9 Å². The van der Waals surface area contributed by atoms with Gasteiger partial charge in [-0.25, -0.2) is 9.97 Å². The number of benzene rings is 2. The predicted molar refractivity (Wildman–Crippen MR) is 116 cm³/mol. The number of hydrogen-bond donors (Lipinski definition) is 2. The average Bonchev–Trinajstić information content (AvgIpc) is 2.73. The van der Waals surface area contributed by atoms with Gasteiger partial charge in [0.05, 0.1) is 13.2 Å². The number of aromatic hydroxyl groups is 1. The van der Waals surface area contributed by atoms with Gasteiger partial charge in [-0.2, -0.15) is 0 Å². The van der Waals surface area contributed by atoms with Crippen LogP contribution in [0.4, 0.5) is 5.82 Å². The van der Waals surface area contributed by atoms with Crippen LogP contribution in [0, 0.1) is 13.8 Å². The van der Waals surface area contributed by atoms with E-state index in [0.29, 0.717) is 11.1 Å². The number of methoxy groups -OCH3 is 1. The van der Waals surface area contributed by atoms with E-state index >= 15 is 0 Å². The molecule has 5 nitrogen and oxygen atoms in total.